The quantitative estimate of drug-likeness (QED) is 0.691. The molecule has 2 heterocycles. The number of aromatic nitrogens is 3. The van der Waals surface area contributed by atoms with Gasteiger partial charge in [0.15, 0.2) is 5.82 Å². The number of halogens is 1. The van der Waals surface area contributed by atoms with Crippen molar-refractivity contribution >= 4 is 23.4 Å². The highest BCUT2D eigenvalue weighted by atomic mass is 32.2. The van der Waals surface area contributed by atoms with Gasteiger partial charge in [0, 0.05) is 11.7 Å². The number of benzene rings is 2. The van der Waals surface area contributed by atoms with Gasteiger partial charge in [0.05, 0.1) is 10.8 Å². The van der Waals surface area contributed by atoms with Gasteiger partial charge in [0.25, 0.3) is 0 Å². The number of carbonyl (C=O) groups excluding carboxylic acids is 1. The van der Waals surface area contributed by atoms with Crippen LogP contribution in [-0.4, -0.2) is 32.4 Å². The van der Waals surface area contributed by atoms with Crippen molar-refractivity contribution in [2.75, 3.05) is 4.90 Å². The molecule has 27 heavy (non-hydrogen) atoms. The summed E-state index contributed by atoms with van der Waals surface area (Å²) in [6.07, 6.45) is 0.859. The lowest BCUT2D eigenvalue weighted by atomic mass is 10.1. The molecule has 0 bridgehead atoms. The van der Waals surface area contributed by atoms with Gasteiger partial charge in [-0.25, -0.2) is 9.37 Å². The Kier molecular flexibility index (Phi) is 4.70. The molecule has 0 saturated carbocycles. The SMILES string of the molecule is C[C@H](Sc1n[nH]c(-c2ccccc2F)n1)C(=O)N1c2ccccc2C[C@H]1C. The lowest BCUT2D eigenvalue weighted by molar-refractivity contribution is -0.118. The van der Waals surface area contributed by atoms with Crippen molar-refractivity contribution in [3.8, 4) is 11.4 Å². The average molecular weight is 382 g/mol. The molecule has 1 aromatic heterocycles. The molecule has 0 fully saturated rings. The molecule has 1 N–H and O–H groups in total. The molecule has 0 aliphatic carbocycles. The Morgan fingerprint density at radius 1 is 1.26 bits per heavy atom. The number of nitrogens with one attached hydrogen (secondary N) is 1. The number of thioether (sulfide) groups is 1. The number of amides is 1. The van der Waals surface area contributed by atoms with Crippen LogP contribution in [0.3, 0.4) is 0 Å². The van der Waals surface area contributed by atoms with E-state index in [-0.39, 0.29) is 23.0 Å². The summed E-state index contributed by atoms with van der Waals surface area (Å²) in [7, 11) is 0. The summed E-state index contributed by atoms with van der Waals surface area (Å²) in [5.41, 5.74) is 2.53. The van der Waals surface area contributed by atoms with Crippen LogP contribution >= 0.6 is 11.8 Å². The fourth-order valence-corrected chi connectivity index (χ4v) is 4.15. The van der Waals surface area contributed by atoms with Crippen LogP contribution in [0.15, 0.2) is 53.7 Å². The number of hydrogen-bond donors (Lipinski definition) is 1. The number of rotatable bonds is 4. The number of para-hydroxylation sites is 1. The van der Waals surface area contributed by atoms with Crippen LogP contribution in [-0.2, 0) is 11.2 Å². The number of nitrogens with zero attached hydrogens (tertiary/aromatic N) is 3. The number of fused-ring (bicyclic) bond motifs is 1. The highest BCUT2D eigenvalue weighted by Gasteiger charge is 2.33. The normalized spacial score (nSPS) is 17.0. The minimum absolute atomic E-state index is 0.0229. The molecular weight excluding hydrogens is 363 g/mol. The molecule has 2 aromatic carbocycles. The first-order chi connectivity index (χ1) is 13.0. The van der Waals surface area contributed by atoms with Crippen molar-refractivity contribution in [1.82, 2.24) is 15.2 Å². The number of hydrogen-bond acceptors (Lipinski definition) is 4. The molecular formula is C20H19FN4OS. The molecule has 0 spiro atoms. The van der Waals surface area contributed by atoms with Gasteiger partial charge in [-0.15, -0.1) is 5.10 Å². The molecule has 4 rings (SSSR count). The maximum absolute atomic E-state index is 13.9. The molecule has 1 amide bonds. The average Bonchev–Trinajstić information content (AvgIpc) is 3.25. The zero-order valence-corrected chi connectivity index (χ0v) is 15.8. The Morgan fingerprint density at radius 3 is 2.81 bits per heavy atom. The van der Waals surface area contributed by atoms with Gasteiger partial charge < -0.3 is 4.90 Å². The van der Waals surface area contributed by atoms with Crippen LogP contribution in [0.4, 0.5) is 10.1 Å². The minimum atomic E-state index is -0.364. The van der Waals surface area contributed by atoms with Crippen LogP contribution in [0.25, 0.3) is 11.4 Å². The monoisotopic (exact) mass is 382 g/mol. The third-order valence-corrected chi connectivity index (χ3v) is 5.62. The van der Waals surface area contributed by atoms with E-state index in [1.807, 2.05) is 30.0 Å². The highest BCUT2D eigenvalue weighted by Crippen LogP contribution is 2.34. The predicted octanol–water partition coefficient (Wildman–Crippen LogP) is 4.07. The Labute approximate surface area is 161 Å². The molecule has 2 atom stereocenters. The van der Waals surface area contributed by atoms with Crippen molar-refractivity contribution < 1.29 is 9.18 Å². The summed E-state index contributed by atoms with van der Waals surface area (Å²) in [5.74, 6) is 0.0154. The highest BCUT2D eigenvalue weighted by molar-refractivity contribution is 8.00. The maximum Gasteiger partial charge on any atom is 0.240 e. The van der Waals surface area contributed by atoms with Gasteiger partial charge in [-0.1, -0.05) is 42.1 Å². The van der Waals surface area contributed by atoms with E-state index in [1.54, 1.807) is 18.2 Å². The van der Waals surface area contributed by atoms with Crippen LogP contribution < -0.4 is 4.90 Å². The van der Waals surface area contributed by atoms with Crippen molar-refractivity contribution in [2.24, 2.45) is 0 Å². The zero-order chi connectivity index (χ0) is 19.0. The minimum Gasteiger partial charge on any atom is -0.308 e. The van der Waals surface area contributed by atoms with Crippen LogP contribution in [0.2, 0.25) is 0 Å². The molecule has 0 saturated heterocycles. The van der Waals surface area contributed by atoms with Gasteiger partial charge in [-0.3, -0.25) is 9.89 Å². The molecule has 0 unspecified atom stereocenters. The van der Waals surface area contributed by atoms with Crippen molar-refractivity contribution in [3.63, 3.8) is 0 Å². The Balaban J connectivity index is 1.51. The number of carbonyl (C=O) groups is 1. The maximum atomic E-state index is 13.9. The van der Waals surface area contributed by atoms with E-state index in [0.29, 0.717) is 16.5 Å². The predicted molar refractivity (Wildman–Crippen MR) is 104 cm³/mol. The lowest BCUT2D eigenvalue weighted by Crippen LogP contribution is -2.40. The van der Waals surface area contributed by atoms with E-state index in [1.165, 1.54) is 23.4 Å². The summed E-state index contributed by atoms with van der Waals surface area (Å²) in [5, 5.41) is 6.96. The summed E-state index contributed by atoms with van der Waals surface area (Å²) in [6, 6.07) is 14.5. The first-order valence-electron chi connectivity index (χ1n) is 8.79. The fraction of sp³-hybridized carbons (Fsp3) is 0.250. The third kappa shape index (κ3) is 3.35. The van der Waals surface area contributed by atoms with Crippen LogP contribution in [0.5, 0.6) is 0 Å². The Bertz CT molecular complexity index is 989. The first kappa shape index (κ1) is 17.7. The standard InChI is InChI=1S/C20H19FN4OS/c1-12-11-14-7-3-6-10-17(14)25(12)19(26)13(2)27-20-22-18(23-24-20)15-8-4-5-9-16(15)21/h3-10,12-13H,11H2,1-2H3,(H,22,23,24)/t12-,13+/m1/s1. The van der Waals surface area contributed by atoms with E-state index < -0.39 is 0 Å². The third-order valence-electron chi connectivity index (χ3n) is 4.67. The van der Waals surface area contributed by atoms with Crippen LogP contribution in [0, 0.1) is 5.82 Å². The summed E-state index contributed by atoms with van der Waals surface area (Å²) in [4.78, 5) is 19.2. The van der Waals surface area contributed by atoms with Gasteiger partial charge >= 0.3 is 0 Å². The topological polar surface area (TPSA) is 61.9 Å². The Morgan fingerprint density at radius 2 is 2.00 bits per heavy atom. The van der Waals surface area contributed by atoms with Crippen molar-refractivity contribution in [3.05, 3.63) is 59.9 Å². The number of anilines is 1. The molecule has 3 aromatic rings. The first-order valence-corrected chi connectivity index (χ1v) is 9.67. The van der Waals surface area contributed by atoms with Crippen molar-refractivity contribution in [2.45, 2.75) is 36.7 Å². The summed E-state index contributed by atoms with van der Waals surface area (Å²) >= 11 is 1.27. The van der Waals surface area contributed by atoms with E-state index in [0.717, 1.165) is 12.1 Å². The Hall–Kier alpha value is -2.67. The zero-order valence-electron chi connectivity index (χ0n) is 15.0. The largest absolute Gasteiger partial charge is 0.308 e. The van der Waals surface area contributed by atoms with Gasteiger partial charge in [0.2, 0.25) is 11.1 Å². The van der Waals surface area contributed by atoms with Gasteiger partial charge in [-0.05, 0) is 44.0 Å². The number of H-pyrrole nitrogens is 1. The van der Waals surface area contributed by atoms with Crippen molar-refractivity contribution in [1.29, 1.82) is 0 Å². The molecule has 7 heteroatoms. The summed E-state index contributed by atoms with van der Waals surface area (Å²) < 4.78 is 13.9. The molecule has 0 radical (unpaired) electrons. The molecule has 1 aliphatic heterocycles. The molecule has 1 aliphatic rings. The second-order valence-electron chi connectivity index (χ2n) is 6.60. The van der Waals surface area contributed by atoms with Gasteiger partial charge in [0.1, 0.15) is 5.82 Å². The van der Waals surface area contributed by atoms with E-state index in [4.69, 9.17) is 0 Å². The second-order valence-corrected chi connectivity index (χ2v) is 7.90. The van der Waals surface area contributed by atoms with E-state index in [9.17, 15) is 9.18 Å². The molecule has 138 valence electrons. The second kappa shape index (κ2) is 7.15. The molecule has 5 nitrogen and oxygen atoms in total. The van der Waals surface area contributed by atoms with E-state index in [2.05, 4.69) is 28.2 Å². The van der Waals surface area contributed by atoms with Crippen LogP contribution in [0.1, 0.15) is 19.4 Å². The smallest absolute Gasteiger partial charge is 0.240 e. The summed E-state index contributed by atoms with van der Waals surface area (Å²) in [6.45, 7) is 3.90. The van der Waals surface area contributed by atoms with Gasteiger partial charge in [-0.2, -0.15) is 0 Å². The number of aromatic amines is 1. The fourth-order valence-electron chi connectivity index (χ4n) is 3.38. The van der Waals surface area contributed by atoms with E-state index >= 15 is 0 Å². The lowest BCUT2D eigenvalue weighted by Gasteiger charge is -2.25.